The number of hydrogen-bond acceptors (Lipinski definition) is 8. The zero-order valence-corrected chi connectivity index (χ0v) is 15.1. The quantitative estimate of drug-likeness (QED) is 0.297. The number of aromatic nitrogens is 2. The van der Waals surface area contributed by atoms with Crippen molar-refractivity contribution < 1.29 is 23.5 Å². The average molecular weight is 458 g/mol. The molecular weight excluding hydrogens is 446 g/mol. The molecule has 1 aromatic carbocycles. The monoisotopic (exact) mass is 458 g/mol. The summed E-state index contributed by atoms with van der Waals surface area (Å²) in [5.41, 5.74) is 0.726. The van der Waals surface area contributed by atoms with Crippen molar-refractivity contribution in [1.29, 1.82) is 0 Å². The van der Waals surface area contributed by atoms with E-state index in [-0.39, 0.29) is 21.2 Å². The second kappa shape index (κ2) is 8.05. The normalized spacial score (nSPS) is 14.2. The molecule has 2 heterocycles. The molecule has 0 N–H and O–H groups in total. The molecule has 3 rings (SSSR count). The fourth-order valence-corrected chi connectivity index (χ4v) is 2.33. The van der Waals surface area contributed by atoms with Crippen LogP contribution in [0.5, 0.6) is 11.6 Å². The number of rotatable bonds is 5. The lowest BCUT2D eigenvalue weighted by atomic mass is 10.1. The highest BCUT2D eigenvalue weighted by molar-refractivity contribution is 14.1. The van der Waals surface area contributed by atoms with Crippen molar-refractivity contribution in [3.63, 3.8) is 0 Å². The molecule has 0 saturated carbocycles. The first-order valence-corrected chi connectivity index (χ1v) is 8.16. The van der Waals surface area contributed by atoms with Crippen LogP contribution < -0.4 is 4.74 Å². The van der Waals surface area contributed by atoms with E-state index < -0.39 is 5.82 Å². The van der Waals surface area contributed by atoms with Crippen molar-refractivity contribution in [3.8, 4) is 11.6 Å². The van der Waals surface area contributed by atoms with Crippen molar-refractivity contribution in [3.05, 3.63) is 45.7 Å². The van der Waals surface area contributed by atoms with Crippen molar-refractivity contribution in [2.24, 2.45) is 10.3 Å². The molecule has 10 heteroatoms. The summed E-state index contributed by atoms with van der Waals surface area (Å²) >= 11 is 1.76. The lowest BCUT2D eigenvalue weighted by Crippen LogP contribution is -2.25. The van der Waals surface area contributed by atoms with Gasteiger partial charge in [-0.25, -0.2) is 4.98 Å². The third kappa shape index (κ3) is 3.95. The summed E-state index contributed by atoms with van der Waals surface area (Å²) < 4.78 is 25.4. The molecule has 25 heavy (non-hydrogen) atoms. The summed E-state index contributed by atoms with van der Waals surface area (Å²) in [5.74, 6) is -0.422. The minimum absolute atomic E-state index is 0.141. The third-order valence-corrected chi connectivity index (χ3v) is 3.76. The Balaban J connectivity index is 2.01. The molecule has 0 amide bonds. The topological polar surface area (TPSA) is 87.4 Å². The van der Waals surface area contributed by atoms with E-state index >= 15 is 0 Å². The predicted octanol–water partition coefficient (Wildman–Crippen LogP) is 2.72. The molecule has 0 bridgehead atoms. The molecule has 1 aliphatic rings. The fraction of sp³-hybridized carbons (Fsp3) is 0.200. The van der Waals surface area contributed by atoms with Crippen LogP contribution in [0, 0.1) is 9.52 Å². The molecule has 8 nitrogen and oxygen atoms in total. The molecule has 0 atom stereocenters. The van der Waals surface area contributed by atoms with Gasteiger partial charge in [0.05, 0.1) is 5.56 Å². The number of benzene rings is 1. The molecule has 1 aromatic heterocycles. The molecule has 1 aliphatic heterocycles. The SMILES string of the molecule is CO/N=C(\C1=NOCCO1)c1ccccc1Oc1ncnc(I)c1F. The summed E-state index contributed by atoms with van der Waals surface area (Å²) in [7, 11) is 1.39. The lowest BCUT2D eigenvalue weighted by molar-refractivity contribution is 0.0672. The highest BCUT2D eigenvalue weighted by atomic mass is 127. The average Bonchev–Trinajstić information content (AvgIpc) is 2.65. The van der Waals surface area contributed by atoms with Crippen LogP contribution in [-0.2, 0) is 14.4 Å². The number of ether oxygens (including phenoxy) is 2. The van der Waals surface area contributed by atoms with Gasteiger partial charge in [-0.1, -0.05) is 17.3 Å². The summed E-state index contributed by atoms with van der Waals surface area (Å²) in [6, 6.07) is 6.84. The fourth-order valence-electron chi connectivity index (χ4n) is 1.97. The first kappa shape index (κ1) is 17.3. The molecule has 0 unspecified atom stereocenters. The van der Waals surface area contributed by atoms with Gasteiger partial charge in [-0.05, 0) is 39.9 Å². The van der Waals surface area contributed by atoms with Crippen molar-refractivity contribution in [2.45, 2.75) is 0 Å². The molecule has 0 saturated heterocycles. The van der Waals surface area contributed by atoms with Gasteiger partial charge in [0.1, 0.15) is 29.5 Å². The second-order valence-corrected chi connectivity index (χ2v) is 5.60. The van der Waals surface area contributed by atoms with Gasteiger partial charge >= 0.3 is 0 Å². The Labute approximate surface area is 155 Å². The smallest absolute Gasteiger partial charge is 0.280 e. The maximum atomic E-state index is 14.1. The Morgan fingerprint density at radius 2 is 2.12 bits per heavy atom. The first-order chi connectivity index (χ1) is 12.2. The minimum atomic E-state index is -0.655. The Morgan fingerprint density at radius 1 is 1.28 bits per heavy atom. The Hall–Kier alpha value is -2.50. The van der Waals surface area contributed by atoms with Gasteiger partial charge in [-0.15, -0.1) is 0 Å². The van der Waals surface area contributed by atoms with E-state index in [4.69, 9.17) is 19.1 Å². The van der Waals surface area contributed by atoms with Crippen LogP contribution in [0.3, 0.4) is 0 Å². The van der Waals surface area contributed by atoms with Crippen LogP contribution >= 0.6 is 22.6 Å². The highest BCUT2D eigenvalue weighted by Gasteiger charge is 2.23. The Morgan fingerprint density at radius 3 is 2.88 bits per heavy atom. The van der Waals surface area contributed by atoms with Gasteiger partial charge in [0, 0.05) is 0 Å². The van der Waals surface area contributed by atoms with E-state index in [0.717, 1.165) is 0 Å². The van der Waals surface area contributed by atoms with Gasteiger partial charge in [-0.3, -0.25) is 0 Å². The number of nitrogens with zero attached hydrogens (tertiary/aromatic N) is 4. The summed E-state index contributed by atoms with van der Waals surface area (Å²) in [4.78, 5) is 17.5. The largest absolute Gasteiger partial charge is 0.470 e. The van der Waals surface area contributed by atoms with Crippen LogP contribution in [0.25, 0.3) is 0 Å². The van der Waals surface area contributed by atoms with Gasteiger partial charge < -0.3 is 19.1 Å². The number of oxime groups is 2. The highest BCUT2D eigenvalue weighted by Crippen LogP contribution is 2.28. The van der Waals surface area contributed by atoms with E-state index in [1.165, 1.54) is 13.4 Å². The van der Waals surface area contributed by atoms with Gasteiger partial charge in [0.2, 0.25) is 5.82 Å². The third-order valence-electron chi connectivity index (χ3n) is 3.01. The van der Waals surface area contributed by atoms with Crippen LogP contribution in [0.15, 0.2) is 40.9 Å². The van der Waals surface area contributed by atoms with Gasteiger partial charge in [0.25, 0.3) is 11.8 Å². The van der Waals surface area contributed by atoms with Crippen molar-refractivity contribution >= 4 is 34.2 Å². The van der Waals surface area contributed by atoms with Gasteiger partial charge in [0.15, 0.2) is 12.3 Å². The number of halogens is 2. The van der Waals surface area contributed by atoms with Crippen molar-refractivity contribution in [2.75, 3.05) is 20.3 Å². The van der Waals surface area contributed by atoms with E-state index in [2.05, 4.69) is 20.3 Å². The molecule has 0 radical (unpaired) electrons. The molecule has 2 aromatic rings. The van der Waals surface area contributed by atoms with E-state index in [1.807, 2.05) is 0 Å². The Bertz CT molecular complexity index is 831. The van der Waals surface area contributed by atoms with E-state index in [1.54, 1.807) is 46.9 Å². The molecule has 130 valence electrons. The molecular formula is C15H12FIN4O4. The zero-order chi connectivity index (χ0) is 17.6. The summed E-state index contributed by atoms with van der Waals surface area (Å²) in [6.07, 6.45) is 1.22. The summed E-state index contributed by atoms with van der Waals surface area (Å²) in [6.45, 7) is 0.663. The number of hydrogen-bond donors (Lipinski definition) is 0. The molecule has 0 aliphatic carbocycles. The van der Waals surface area contributed by atoms with Crippen LogP contribution in [-0.4, -0.2) is 41.9 Å². The second-order valence-electron chi connectivity index (χ2n) is 4.58. The predicted molar refractivity (Wildman–Crippen MR) is 94.1 cm³/mol. The Kier molecular flexibility index (Phi) is 5.58. The van der Waals surface area contributed by atoms with E-state index in [9.17, 15) is 4.39 Å². The minimum Gasteiger partial charge on any atom is -0.470 e. The first-order valence-electron chi connectivity index (χ1n) is 7.08. The number of para-hydroxylation sites is 1. The van der Waals surface area contributed by atoms with Gasteiger partial charge in [-0.2, -0.15) is 9.37 Å². The zero-order valence-electron chi connectivity index (χ0n) is 13.0. The summed E-state index contributed by atoms with van der Waals surface area (Å²) in [5, 5.41) is 7.76. The van der Waals surface area contributed by atoms with Crippen LogP contribution in [0.2, 0.25) is 0 Å². The molecule has 0 spiro atoms. The van der Waals surface area contributed by atoms with Crippen LogP contribution in [0.1, 0.15) is 5.56 Å². The standard InChI is InChI=1S/C15H12FIN4O4/c1-22-20-12(15-21-24-7-6-23-15)9-4-2-3-5-10(9)25-14-11(16)13(17)18-8-19-14/h2-5,8H,6-7H2,1H3/b20-12-. The van der Waals surface area contributed by atoms with Crippen molar-refractivity contribution in [1.82, 2.24) is 9.97 Å². The van der Waals surface area contributed by atoms with E-state index in [0.29, 0.717) is 24.5 Å². The van der Waals surface area contributed by atoms with Crippen LogP contribution in [0.4, 0.5) is 4.39 Å². The maximum Gasteiger partial charge on any atom is 0.280 e. The maximum absolute atomic E-state index is 14.1. The lowest BCUT2D eigenvalue weighted by Gasteiger charge is -2.16. The molecule has 0 fully saturated rings.